The van der Waals surface area contributed by atoms with Crippen molar-refractivity contribution < 1.29 is 9.53 Å². The molecule has 0 aliphatic rings. The molecule has 1 N–H and O–H groups in total. The molecule has 2 aromatic heterocycles. The molecule has 3 aromatic rings. The van der Waals surface area contributed by atoms with Gasteiger partial charge < -0.3 is 14.2 Å². The number of hydrogen-bond acceptors (Lipinski definition) is 6. The van der Waals surface area contributed by atoms with E-state index in [-0.39, 0.29) is 0 Å². The second kappa shape index (κ2) is 7.33. The second-order valence-electron chi connectivity index (χ2n) is 6.06. The van der Waals surface area contributed by atoms with Crippen molar-refractivity contribution in [3.63, 3.8) is 0 Å². The predicted molar refractivity (Wildman–Crippen MR) is 103 cm³/mol. The number of imidazole rings is 1. The molecule has 0 unspecified atom stereocenters. The quantitative estimate of drug-likeness (QED) is 0.763. The maximum Gasteiger partial charge on any atom is 0.411 e. The van der Waals surface area contributed by atoms with Gasteiger partial charge in [0, 0.05) is 19.8 Å². The highest BCUT2D eigenvalue weighted by Gasteiger charge is 2.16. The summed E-state index contributed by atoms with van der Waals surface area (Å²) in [7, 11) is 5.13. The van der Waals surface area contributed by atoms with Crippen LogP contribution in [0.5, 0.6) is 0 Å². The molecule has 1 aromatic carbocycles. The number of amides is 1. The van der Waals surface area contributed by atoms with E-state index in [1.165, 1.54) is 7.11 Å². The van der Waals surface area contributed by atoms with E-state index in [2.05, 4.69) is 21.4 Å². The van der Waals surface area contributed by atoms with Gasteiger partial charge in [0.1, 0.15) is 17.3 Å². The summed E-state index contributed by atoms with van der Waals surface area (Å²) in [5.41, 5.74) is 5.23. The van der Waals surface area contributed by atoms with Crippen molar-refractivity contribution in [1.82, 2.24) is 14.5 Å². The van der Waals surface area contributed by atoms with E-state index in [0.29, 0.717) is 16.9 Å². The molecule has 0 radical (unpaired) electrons. The van der Waals surface area contributed by atoms with Gasteiger partial charge in [0.2, 0.25) is 0 Å². The standard InChI is InChI=1S/C19H20N6O2/c1-5-12-6-13(9-20)21-10-17(12)25(3)14-7-15(23-19(26)27-4)18-16(8-14)24(2)11-22-18/h6-8,10-11H,5H2,1-4H3,(H,23,26). The highest BCUT2D eigenvalue weighted by atomic mass is 16.5. The summed E-state index contributed by atoms with van der Waals surface area (Å²) in [6.45, 7) is 2.03. The van der Waals surface area contributed by atoms with Gasteiger partial charge in [-0.2, -0.15) is 5.26 Å². The molecule has 0 aliphatic heterocycles. The van der Waals surface area contributed by atoms with Crippen LogP contribution in [0, 0.1) is 11.3 Å². The van der Waals surface area contributed by atoms with E-state index < -0.39 is 6.09 Å². The molecule has 0 fully saturated rings. The number of rotatable bonds is 4. The number of hydrogen-bond donors (Lipinski definition) is 1. The van der Waals surface area contributed by atoms with E-state index in [1.807, 2.05) is 42.6 Å². The number of aryl methyl sites for hydroxylation is 2. The van der Waals surface area contributed by atoms with Crippen molar-refractivity contribution in [2.75, 3.05) is 24.4 Å². The summed E-state index contributed by atoms with van der Waals surface area (Å²) in [4.78, 5) is 22.3. The van der Waals surface area contributed by atoms with Gasteiger partial charge in [-0.1, -0.05) is 6.92 Å². The number of anilines is 3. The van der Waals surface area contributed by atoms with Gasteiger partial charge >= 0.3 is 6.09 Å². The minimum Gasteiger partial charge on any atom is -0.453 e. The van der Waals surface area contributed by atoms with E-state index in [4.69, 9.17) is 10.00 Å². The Kier molecular flexibility index (Phi) is 4.94. The van der Waals surface area contributed by atoms with Gasteiger partial charge in [0.05, 0.1) is 36.5 Å². The monoisotopic (exact) mass is 364 g/mol. The average molecular weight is 364 g/mol. The lowest BCUT2D eigenvalue weighted by Crippen LogP contribution is -2.15. The number of carbonyl (C=O) groups excluding carboxylic acids is 1. The Balaban J connectivity index is 2.12. The van der Waals surface area contributed by atoms with Crippen molar-refractivity contribution in [3.05, 3.63) is 42.0 Å². The van der Waals surface area contributed by atoms with Gasteiger partial charge in [-0.25, -0.2) is 14.8 Å². The largest absolute Gasteiger partial charge is 0.453 e. The van der Waals surface area contributed by atoms with Crippen LogP contribution in [-0.4, -0.2) is 34.8 Å². The molecule has 0 atom stereocenters. The molecular weight excluding hydrogens is 344 g/mol. The van der Waals surface area contributed by atoms with Gasteiger partial charge in [0.15, 0.2) is 0 Å². The zero-order valence-electron chi connectivity index (χ0n) is 15.6. The number of benzene rings is 1. The third kappa shape index (κ3) is 3.40. The SMILES string of the molecule is CCc1cc(C#N)ncc1N(C)c1cc(NC(=O)OC)c2ncn(C)c2c1. The molecule has 8 nitrogen and oxygen atoms in total. The normalized spacial score (nSPS) is 10.5. The predicted octanol–water partition coefficient (Wildman–Crippen LogP) is 3.35. The number of carbonyl (C=O) groups is 1. The Hall–Kier alpha value is -3.60. The number of pyridine rings is 1. The lowest BCUT2D eigenvalue weighted by molar-refractivity contribution is 0.187. The van der Waals surface area contributed by atoms with Gasteiger partial charge in [0.25, 0.3) is 0 Å². The second-order valence-corrected chi connectivity index (χ2v) is 6.06. The highest BCUT2D eigenvalue weighted by molar-refractivity contribution is 5.99. The van der Waals surface area contributed by atoms with Crippen LogP contribution in [0.2, 0.25) is 0 Å². The van der Waals surface area contributed by atoms with E-state index in [0.717, 1.165) is 28.9 Å². The fourth-order valence-corrected chi connectivity index (χ4v) is 2.94. The summed E-state index contributed by atoms with van der Waals surface area (Å²) in [6, 6.07) is 7.69. The van der Waals surface area contributed by atoms with Crippen molar-refractivity contribution in [3.8, 4) is 6.07 Å². The summed E-state index contributed by atoms with van der Waals surface area (Å²) in [5.74, 6) is 0. The summed E-state index contributed by atoms with van der Waals surface area (Å²) < 4.78 is 6.60. The molecule has 0 spiro atoms. The fraction of sp³-hybridized carbons (Fsp3) is 0.263. The first kappa shape index (κ1) is 18.2. The van der Waals surface area contributed by atoms with E-state index in [1.54, 1.807) is 18.6 Å². The smallest absolute Gasteiger partial charge is 0.411 e. The Morgan fingerprint density at radius 2 is 2.15 bits per heavy atom. The van der Waals surface area contributed by atoms with Crippen LogP contribution in [0.1, 0.15) is 18.2 Å². The van der Waals surface area contributed by atoms with Crippen LogP contribution in [0.15, 0.2) is 30.7 Å². The molecule has 138 valence electrons. The number of nitrogens with zero attached hydrogens (tertiary/aromatic N) is 5. The van der Waals surface area contributed by atoms with Crippen LogP contribution < -0.4 is 10.2 Å². The summed E-state index contributed by atoms with van der Waals surface area (Å²) >= 11 is 0. The average Bonchev–Trinajstić information content (AvgIpc) is 3.07. The fourth-order valence-electron chi connectivity index (χ4n) is 2.94. The highest BCUT2D eigenvalue weighted by Crippen LogP contribution is 2.33. The van der Waals surface area contributed by atoms with Gasteiger partial charge in [-0.05, 0) is 30.2 Å². The van der Waals surface area contributed by atoms with Crippen LogP contribution >= 0.6 is 0 Å². The number of methoxy groups -OCH3 is 1. The van der Waals surface area contributed by atoms with Crippen LogP contribution in [0.4, 0.5) is 21.9 Å². The van der Waals surface area contributed by atoms with Crippen molar-refractivity contribution >= 4 is 34.2 Å². The van der Waals surface area contributed by atoms with E-state index in [9.17, 15) is 4.79 Å². The molecule has 0 saturated heterocycles. The molecule has 8 heteroatoms. The molecule has 27 heavy (non-hydrogen) atoms. The number of nitriles is 1. The Bertz CT molecular complexity index is 1050. The Labute approximate surface area is 157 Å². The number of fused-ring (bicyclic) bond motifs is 1. The maximum absolute atomic E-state index is 11.7. The topological polar surface area (TPSA) is 96.1 Å². The molecule has 0 bridgehead atoms. The lowest BCUT2D eigenvalue weighted by Gasteiger charge is -2.23. The number of aromatic nitrogens is 3. The zero-order valence-corrected chi connectivity index (χ0v) is 15.6. The van der Waals surface area contributed by atoms with Crippen LogP contribution in [-0.2, 0) is 18.2 Å². The molecule has 0 aliphatic carbocycles. The first-order valence-electron chi connectivity index (χ1n) is 8.41. The maximum atomic E-state index is 11.7. The lowest BCUT2D eigenvalue weighted by atomic mass is 10.1. The minimum atomic E-state index is -0.559. The van der Waals surface area contributed by atoms with Gasteiger partial charge in [-0.15, -0.1) is 0 Å². The third-order valence-electron chi connectivity index (χ3n) is 4.45. The van der Waals surface area contributed by atoms with Crippen molar-refractivity contribution in [1.29, 1.82) is 5.26 Å². The molecule has 1 amide bonds. The van der Waals surface area contributed by atoms with Crippen LogP contribution in [0.25, 0.3) is 11.0 Å². The summed E-state index contributed by atoms with van der Waals surface area (Å²) in [6.07, 6.45) is 3.59. The van der Waals surface area contributed by atoms with Crippen molar-refractivity contribution in [2.24, 2.45) is 7.05 Å². The molecule has 3 rings (SSSR count). The Morgan fingerprint density at radius 3 is 2.81 bits per heavy atom. The Morgan fingerprint density at radius 1 is 1.37 bits per heavy atom. The zero-order chi connectivity index (χ0) is 19.6. The van der Waals surface area contributed by atoms with Gasteiger partial charge in [-0.3, -0.25) is 5.32 Å². The molecule has 0 saturated carbocycles. The number of ether oxygens (including phenoxy) is 1. The third-order valence-corrected chi connectivity index (χ3v) is 4.45. The first-order chi connectivity index (χ1) is 13.0. The summed E-state index contributed by atoms with van der Waals surface area (Å²) in [5, 5.41) is 11.8. The molecular formula is C19H20N6O2. The molecule has 2 heterocycles. The first-order valence-corrected chi connectivity index (χ1v) is 8.41. The van der Waals surface area contributed by atoms with E-state index >= 15 is 0 Å². The number of nitrogens with one attached hydrogen (secondary N) is 1. The van der Waals surface area contributed by atoms with Crippen molar-refractivity contribution in [2.45, 2.75) is 13.3 Å². The van der Waals surface area contributed by atoms with Crippen LogP contribution in [0.3, 0.4) is 0 Å². The minimum absolute atomic E-state index is 0.388.